The molecule has 0 unspecified atom stereocenters. The molecule has 0 atom stereocenters. The highest BCUT2D eigenvalue weighted by Gasteiger charge is 2.32. The van der Waals surface area contributed by atoms with Crippen LogP contribution in [0.2, 0.25) is 5.15 Å². The van der Waals surface area contributed by atoms with Crippen molar-refractivity contribution in [2.45, 2.75) is 19.3 Å². The summed E-state index contributed by atoms with van der Waals surface area (Å²) in [4.78, 5) is 27.7. The number of hydrogen-bond donors (Lipinski definition) is 3. The molecule has 1 amide bonds. The number of anilines is 2. The number of hydrogen-bond acceptors (Lipinski definition) is 5. The van der Waals surface area contributed by atoms with Gasteiger partial charge in [0.05, 0.1) is 23.7 Å². The van der Waals surface area contributed by atoms with Crippen LogP contribution in [-0.2, 0) is 19.3 Å². The van der Waals surface area contributed by atoms with Gasteiger partial charge in [0.2, 0.25) is 0 Å². The summed E-state index contributed by atoms with van der Waals surface area (Å²) in [5.41, 5.74) is 4.32. The van der Waals surface area contributed by atoms with Crippen molar-refractivity contribution in [3.05, 3.63) is 51.9 Å². The van der Waals surface area contributed by atoms with Crippen molar-refractivity contribution in [3.8, 4) is 11.3 Å². The fraction of sp³-hybridized carbons (Fsp3) is 0.222. The van der Waals surface area contributed by atoms with Gasteiger partial charge >= 0.3 is 0 Å². The molecule has 0 saturated heterocycles. The largest absolute Gasteiger partial charge is 0.357 e. The molecular formula is C18H14ClFN6O. The van der Waals surface area contributed by atoms with E-state index >= 15 is 4.39 Å². The van der Waals surface area contributed by atoms with E-state index in [9.17, 15) is 4.79 Å². The van der Waals surface area contributed by atoms with Gasteiger partial charge in [-0.15, -0.1) is 0 Å². The second-order valence-electron chi connectivity index (χ2n) is 6.51. The monoisotopic (exact) mass is 384 g/mol. The van der Waals surface area contributed by atoms with Crippen LogP contribution in [0.1, 0.15) is 27.2 Å². The maximum atomic E-state index is 15.4. The summed E-state index contributed by atoms with van der Waals surface area (Å²) in [6, 6.07) is 0. The first-order chi connectivity index (χ1) is 13.1. The Labute approximate surface area is 158 Å². The smallest absolute Gasteiger partial charge is 0.253 e. The minimum absolute atomic E-state index is 0.0372. The fourth-order valence-corrected chi connectivity index (χ4v) is 3.91. The van der Waals surface area contributed by atoms with Crippen molar-refractivity contribution >= 4 is 29.1 Å². The minimum Gasteiger partial charge on any atom is -0.357 e. The quantitative estimate of drug-likeness (QED) is 0.631. The molecule has 136 valence electrons. The van der Waals surface area contributed by atoms with E-state index in [0.29, 0.717) is 48.4 Å². The van der Waals surface area contributed by atoms with E-state index in [0.717, 1.165) is 16.8 Å². The maximum Gasteiger partial charge on any atom is 0.253 e. The molecule has 7 nitrogen and oxygen atoms in total. The molecule has 0 bridgehead atoms. The van der Waals surface area contributed by atoms with Crippen molar-refractivity contribution in [2.24, 2.45) is 0 Å². The Kier molecular flexibility index (Phi) is 3.61. The number of aryl methyl sites for hydroxylation is 1. The fourth-order valence-electron chi connectivity index (χ4n) is 3.76. The van der Waals surface area contributed by atoms with Crippen molar-refractivity contribution < 1.29 is 9.18 Å². The molecule has 0 fully saturated rings. The number of fused-ring (bicyclic) bond motifs is 5. The number of nitrogens with one attached hydrogen (secondary N) is 3. The Balaban J connectivity index is 1.62. The van der Waals surface area contributed by atoms with E-state index in [1.54, 1.807) is 6.20 Å². The Morgan fingerprint density at radius 2 is 2.04 bits per heavy atom. The number of rotatable bonds is 2. The molecule has 3 N–H and O–H groups in total. The van der Waals surface area contributed by atoms with E-state index < -0.39 is 5.82 Å². The van der Waals surface area contributed by atoms with Gasteiger partial charge in [0.25, 0.3) is 5.91 Å². The van der Waals surface area contributed by atoms with Gasteiger partial charge in [0.15, 0.2) is 17.5 Å². The lowest BCUT2D eigenvalue weighted by atomic mass is 9.88. The number of aromatic nitrogens is 4. The SMILES string of the molecule is O=C1NCCc2[nH]c3c(c21)CCc1cnc(Nc2cncc(Cl)n2)c(F)c1-3. The van der Waals surface area contributed by atoms with Gasteiger partial charge < -0.3 is 15.6 Å². The van der Waals surface area contributed by atoms with Crippen LogP contribution in [0.25, 0.3) is 11.3 Å². The average Bonchev–Trinajstić information content (AvgIpc) is 3.04. The summed E-state index contributed by atoms with van der Waals surface area (Å²) in [6.45, 7) is 0.581. The highest BCUT2D eigenvalue weighted by atomic mass is 35.5. The first-order valence-electron chi connectivity index (χ1n) is 8.56. The zero-order chi connectivity index (χ0) is 18.5. The number of nitrogens with zero attached hydrogens (tertiary/aromatic N) is 3. The Bertz CT molecular complexity index is 1100. The van der Waals surface area contributed by atoms with Crippen LogP contribution < -0.4 is 10.6 Å². The van der Waals surface area contributed by atoms with E-state index in [1.165, 1.54) is 12.4 Å². The number of halogens is 2. The molecule has 9 heteroatoms. The van der Waals surface area contributed by atoms with Gasteiger partial charge in [0, 0.05) is 30.4 Å². The Morgan fingerprint density at radius 1 is 1.15 bits per heavy atom. The summed E-state index contributed by atoms with van der Waals surface area (Å²) in [6.07, 6.45) is 6.50. The van der Waals surface area contributed by atoms with E-state index in [1.807, 2.05) is 0 Å². The second kappa shape index (κ2) is 6.02. The normalized spacial score (nSPS) is 14.8. The highest BCUT2D eigenvalue weighted by molar-refractivity contribution is 6.29. The van der Waals surface area contributed by atoms with Crippen LogP contribution in [0.5, 0.6) is 0 Å². The molecule has 0 radical (unpaired) electrons. The van der Waals surface area contributed by atoms with Gasteiger partial charge in [-0.3, -0.25) is 9.78 Å². The highest BCUT2D eigenvalue weighted by Crippen LogP contribution is 2.40. The number of carbonyl (C=O) groups excluding carboxylic acids is 1. The number of carbonyl (C=O) groups is 1. The van der Waals surface area contributed by atoms with Gasteiger partial charge in [-0.1, -0.05) is 11.6 Å². The summed E-state index contributed by atoms with van der Waals surface area (Å²) in [7, 11) is 0. The van der Waals surface area contributed by atoms with Crippen LogP contribution in [0, 0.1) is 5.82 Å². The van der Waals surface area contributed by atoms with E-state index in [2.05, 4.69) is 30.6 Å². The van der Waals surface area contributed by atoms with Gasteiger partial charge in [-0.25, -0.2) is 14.4 Å². The van der Waals surface area contributed by atoms with Crippen LogP contribution in [0.3, 0.4) is 0 Å². The molecule has 0 spiro atoms. The molecule has 27 heavy (non-hydrogen) atoms. The zero-order valence-corrected chi connectivity index (χ0v) is 14.8. The molecule has 1 aliphatic heterocycles. The molecule has 0 saturated carbocycles. The van der Waals surface area contributed by atoms with Crippen LogP contribution in [0.15, 0.2) is 18.6 Å². The summed E-state index contributed by atoms with van der Waals surface area (Å²) in [5, 5.41) is 5.88. The van der Waals surface area contributed by atoms with E-state index in [4.69, 9.17) is 11.6 Å². The first kappa shape index (κ1) is 16.2. The summed E-state index contributed by atoms with van der Waals surface area (Å²) in [5.74, 6) is -0.251. The van der Waals surface area contributed by atoms with Crippen LogP contribution >= 0.6 is 11.6 Å². The Morgan fingerprint density at radius 3 is 2.89 bits per heavy atom. The van der Waals surface area contributed by atoms with Gasteiger partial charge in [-0.2, -0.15) is 0 Å². The second-order valence-corrected chi connectivity index (χ2v) is 6.90. The molecule has 4 heterocycles. The van der Waals surface area contributed by atoms with Crippen molar-refractivity contribution in [1.29, 1.82) is 0 Å². The van der Waals surface area contributed by atoms with Crippen molar-refractivity contribution in [2.75, 3.05) is 11.9 Å². The van der Waals surface area contributed by atoms with Crippen LogP contribution in [0.4, 0.5) is 16.0 Å². The van der Waals surface area contributed by atoms with Crippen molar-refractivity contribution in [3.63, 3.8) is 0 Å². The van der Waals surface area contributed by atoms with Gasteiger partial charge in [-0.05, 0) is 24.0 Å². The minimum atomic E-state index is -0.491. The number of pyridine rings is 1. The number of aromatic amines is 1. The lowest BCUT2D eigenvalue weighted by Gasteiger charge is -2.19. The molecule has 3 aromatic rings. The third-order valence-electron chi connectivity index (χ3n) is 4.91. The van der Waals surface area contributed by atoms with E-state index in [-0.39, 0.29) is 16.9 Å². The lowest BCUT2D eigenvalue weighted by molar-refractivity contribution is 0.0945. The standard InChI is InChI=1S/C18H14ClFN6O/c19-11-6-21-7-12(25-11)26-17-15(20)13-8(5-23-17)1-2-9-14-10(24-16(9)13)3-4-22-18(14)27/h5-7,24H,1-4H2,(H,22,27)(H,23,25,26). The maximum absolute atomic E-state index is 15.4. The Hall–Kier alpha value is -3.00. The predicted molar refractivity (Wildman–Crippen MR) is 97.8 cm³/mol. The molecule has 2 aliphatic rings. The lowest BCUT2D eigenvalue weighted by Crippen LogP contribution is -2.32. The third kappa shape index (κ3) is 2.56. The first-order valence-corrected chi connectivity index (χ1v) is 8.94. The number of H-pyrrole nitrogens is 1. The number of amides is 1. The molecule has 1 aliphatic carbocycles. The topological polar surface area (TPSA) is 95.6 Å². The summed E-state index contributed by atoms with van der Waals surface area (Å²) >= 11 is 5.83. The molecular weight excluding hydrogens is 371 g/mol. The summed E-state index contributed by atoms with van der Waals surface area (Å²) < 4.78 is 15.4. The third-order valence-corrected chi connectivity index (χ3v) is 5.09. The molecule has 3 aromatic heterocycles. The molecule has 0 aromatic carbocycles. The average molecular weight is 385 g/mol. The zero-order valence-electron chi connectivity index (χ0n) is 14.1. The van der Waals surface area contributed by atoms with Crippen LogP contribution in [-0.4, -0.2) is 32.4 Å². The van der Waals surface area contributed by atoms with Crippen molar-refractivity contribution in [1.82, 2.24) is 25.3 Å². The van der Waals surface area contributed by atoms with Gasteiger partial charge in [0.1, 0.15) is 5.15 Å². The predicted octanol–water partition coefficient (Wildman–Crippen LogP) is 2.79. The molecule has 5 rings (SSSR count).